The fourth-order valence-corrected chi connectivity index (χ4v) is 2.07. The average Bonchev–Trinajstić information content (AvgIpc) is 2.43. The van der Waals surface area contributed by atoms with Crippen LogP contribution in [0.25, 0.3) is 0 Å². The third kappa shape index (κ3) is 3.47. The number of halogens is 2. The Kier molecular flexibility index (Phi) is 4.38. The zero-order chi connectivity index (χ0) is 15.6. The number of rotatable bonds is 3. The predicted octanol–water partition coefficient (Wildman–Crippen LogP) is 4.04. The molecule has 2 rings (SSSR count). The number of hydrogen-bond donors (Lipinski definition) is 0. The SMILES string of the molecule is Cc1cc(C(=O)Cl)cc(C)c1OC(=O)c1ccc(F)cc1. The number of aryl methyl sites for hydroxylation is 2. The van der Waals surface area contributed by atoms with Crippen molar-refractivity contribution in [1.29, 1.82) is 0 Å². The van der Waals surface area contributed by atoms with Gasteiger partial charge in [0.2, 0.25) is 0 Å². The lowest BCUT2D eigenvalue weighted by atomic mass is 10.1. The van der Waals surface area contributed by atoms with Crippen LogP contribution in [0.5, 0.6) is 5.75 Å². The molecule has 0 N–H and O–H groups in total. The van der Waals surface area contributed by atoms with E-state index in [-0.39, 0.29) is 5.56 Å². The molecule has 0 saturated carbocycles. The van der Waals surface area contributed by atoms with Crippen molar-refractivity contribution in [2.24, 2.45) is 0 Å². The highest BCUT2D eigenvalue weighted by Crippen LogP contribution is 2.26. The molecule has 0 spiro atoms. The number of ether oxygens (including phenoxy) is 1. The van der Waals surface area contributed by atoms with Crippen LogP contribution in [0.15, 0.2) is 36.4 Å². The minimum absolute atomic E-state index is 0.243. The minimum atomic E-state index is -0.592. The second-order valence-corrected chi connectivity index (χ2v) is 4.95. The van der Waals surface area contributed by atoms with Crippen LogP contribution in [0.4, 0.5) is 4.39 Å². The van der Waals surface area contributed by atoms with E-state index in [1.807, 2.05) is 0 Å². The van der Waals surface area contributed by atoms with Gasteiger partial charge in [-0.1, -0.05) is 0 Å². The van der Waals surface area contributed by atoms with Crippen molar-refractivity contribution in [3.8, 4) is 5.75 Å². The fraction of sp³-hybridized carbons (Fsp3) is 0.125. The van der Waals surface area contributed by atoms with Gasteiger partial charge in [-0.3, -0.25) is 4.79 Å². The third-order valence-corrected chi connectivity index (χ3v) is 3.18. The van der Waals surface area contributed by atoms with Gasteiger partial charge in [0.05, 0.1) is 5.56 Å². The average molecular weight is 307 g/mol. The van der Waals surface area contributed by atoms with Crippen LogP contribution in [0.2, 0.25) is 0 Å². The highest BCUT2D eigenvalue weighted by molar-refractivity contribution is 6.67. The maximum Gasteiger partial charge on any atom is 0.343 e. The minimum Gasteiger partial charge on any atom is -0.422 e. The van der Waals surface area contributed by atoms with Gasteiger partial charge in [0.1, 0.15) is 11.6 Å². The van der Waals surface area contributed by atoms with E-state index in [1.165, 1.54) is 24.3 Å². The molecule has 0 saturated heterocycles. The number of carbonyl (C=O) groups excluding carboxylic acids is 2. The molecule has 0 atom stereocenters. The number of carbonyl (C=O) groups is 2. The highest BCUT2D eigenvalue weighted by atomic mass is 35.5. The zero-order valence-electron chi connectivity index (χ0n) is 11.4. The standard InChI is InChI=1S/C16H12ClFO3/c1-9-7-12(15(17)19)8-10(2)14(9)21-16(20)11-3-5-13(18)6-4-11/h3-8H,1-2H3. The summed E-state index contributed by atoms with van der Waals surface area (Å²) in [6.07, 6.45) is 0. The van der Waals surface area contributed by atoms with Crippen molar-refractivity contribution < 1.29 is 18.7 Å². The first-order valence-corrected chi connectivity index (χ1v) is 6.55. The molecule has 0 fully saturated rings. The molecule has 0 aliphatic rings. The summed E-state index contributed by atoms with van der Waals surface area (Å²) in [4.78, 5) is 23.2. The monoisotopic (exact) mass is 306 g/mol. The molecule has 2 aromatic rings. The second kappa shape index (κ2) is 6.06. The first-order valence-electron chi connectivity index (χ1n) is 6.17. The Bertz CT molecular complexity index is 685. The molecule has 0 radical (unpaired) electrons. The smallest absolute Gasteiger partial charge is 0.343 e. The van der Waals surface area contributed by atoms with Crippen molar-refractivity contribution in [3.05, 3.63) is 64.5 Å². The molecule has 0 unspecified atom stereocenters. The van der Waals surface area contributed by atoms with Crippen LogP contribution in [-0.4, -0.2) is 11.2 Å². The molecule has 0 amide bonds. The number of benzene rings is 2. The van der Waals surface area contributed by atoms with E-state index in [1.54, 1.807) is 26.0 Å². The summed E-state index contributed by atoms with van der Waals surface area (Å²) in [6, 6.07) is 8.17. The van der Waals surface area contributed by atoms with Gasteiger partial charge < -0.3 is 4.74 Å². The van der Waals surface area contributed by atoms with Gasteiger partial charge in [0.15, 0.2) is 0 Å². The van der Waals surface area contributed by atoms with Crippen LogP contribution >= 0.6 is 11.6 Å². The molecule has 0 aliphatic heterocycles. The molecule has 108 valence electrons. The largest absolute Gasteiger partial charge is 0.422 e. The Balaban J connectivity index is 2.29. The van der Waals surface area contributed by atoms with E-state index in [2.05, 4.69) is 0 Å². The van der Waals surface area contributed by atoms with Gasteiger partial charge in [-0.05, 0) is 73.0 Å². The lowest BCUT2D eigenvalue weighted by molar-refractivity contribution is 0.0732. The van der Waals surface area contributed by atoms with Gasteiger partial charge in [0.25, 0.3) is 5.24 Å². The van der Waals surface area contributed by atoms with E-state index in [0.29, 0.717) is 22.4 Å². The van der Waals surface area contributed by atoms with Crippen molar-refractivity contribution in [2.75, 3.05) is 0 Å². The molecule has 0 bridgehead atoms. The molecular formula is C16H12ClFO3. The zero-order valence-corrected chi connectivity index (χ0v) is 12.2. The van der Waals surface area contributed by atoms with Gasteiger partial charge in [-0.2, -0.15) is 0 Å². The summed E-state index contributed by atoms with van der Waals surface area (Å²) >= 11 is 5.43. The predicted molar refractivity (Wildman–Crippen MR) is 77.5 cm³/mol. The van der Waals surface area contributed by atoms with Gasteiger partial charge in [0, 0.05) is 5.56 Å². The molecule has 0 aliphatic carbocycles. The first-order chi connectivity index (χ1) is 9.88. The third-order valence-electron chi connectivity index (χ3n) is 2.96. The molecule has 0 aromatic heterocycles. The maximum absolute atomic E-state index is 12.8. The van der Waals surface area contributed by atoms with Gasteiger partial charge >= 0.3 is 5.97 Å². The summed E-state index contributed by atoms with van der Waals surface area (Å²) < 4.78 is 18.1. The molecule has 5 heteroatoms. The molecular weight excluding hydrogens is 295 g/mol. The van der Waals surface area contributed by atoms with Crippen molar-refractivity contribution in [2.45, 2.75) is 13.8 Å². The maximum atomic E-state index is 12.8. The Morgan fingerprint density at radius 3 is 2.00 bits per heavy atom. The summed E-state index contributed by atoms with van der Waals surface area (Å²) in [5.74, 6) is -0.652. The summed E-state index contributed by atoms with van der Waals surface area (Å²) in [7, 11) is 0. The van der Waals surface area contributed by atoms with E-state index in [4.69, 9.17) is 16.3 Å². The summed E-state index contributed by atoms with van der Waals surface area (Å²) in [6.45, 7) is 3.42. The summed E-state index contributed by atoms with van der Waals surface area (Å²) in [5.41, 5.74) is 1.82. The van der Waals surface area contributed by atoms with E-state index in [9.17, 15) is 14.0 Å². The highest BCUT2D eigenvalue weighted by Gasteiger charge is 2.15. The van der Waals surface area contributed by atoms with Crippen LogP contribution in [0.3, 0.4) is 0 Å². The van der Waals surface area contributed by atoms with Crippen molar-refractivity contribution >= 4 is 22.8 Å². The van der Waals surface area contributed by atoms with Gasteiger partial charge in [-0.25, -0.2) is 9.18 Å². The number of esters is 1. The normalized spacial score (nSPS) is 10.3. The summed E-state index contributed by atoms with van der Waals surface area (Å²) in [5, 5.41) is -0.572. The van der Waals surface area contributed by atoms with Crippen molar-refractivity contribution in [1.82, 2.24) is 0 Å². The van der Waals surface area contributed by atoms with Gasteiger partial charge in [-0.15, -0.1) is 0 Å². The van der Waals surface area contributed by atoms with Crippen LogP contribution < -0.4 is 4.74 Å². The van der Waals surface area contributed by atoms with E-state index in [0.717, 1.165) is 0 Å². The van der Waals surface area contributed by atoms with Crippen LogP contribution in [-0.2, 0) is 0 Å². The molecule has 3 nitrogen and oxygen atoms in total. The lowest BCUT2D eigenvalue weighted by Gasteiger charge is -2.11. The molecule has 21 heavy (non-hydrogen) atoms. The van der Waals surface area contributed by atoms with Crippen LogP contribution in [0, 0.1) is 19.7 Å². The Labute approximate surface area is 126 Å². The van der Waals surface area contributed by atoms with E-state index >= 15 is 0 Å². The van der Waals surface area contributed by atoms with Crippen molar-refractivity contribution in [3.63, 3.8) is 0 Å². The quantitative estimate of drug-likeness (QED) is 0.488. The Hall–Kier alpha value is -2.20. The fourth-order valence-electron chi connectivity index (χ4n) is 1.96. The number of hydrogen-bond acceptors (Lipinski definition) is 3. The first kappa shape index (κ1) is 15.2. The topological polar surface area (TPSA) is 43.4 Å². The lowest BCUT2D eigenvalue weighted by Crippen LogP contribution is -2.10. The Morgan fingerprint density at radius 2 is 1.52 bits per heavy atom. The van der Waals surface area contributed by atoms with Crippen LogP contribution in [0.1, 0.15) is 31.8 Å². The molecule has 2 aromatic carbocycles. The Morgan fingerprint density at radius 1 is 1.00 bits per heavy atom. The molecule has 0 heterocycles. The van der Waals surface area contributed by atoms with E-state index < -0.39 is 17.0 Å². The second-order valence-electron chi connectivity index (χ2n) is 4.61.